The van der Waals surface area contributed by atoms with E-state index in [2.05, 4.69) is 267 Å². The van der Waals surface area contributed by atoms with Crippen LogP contribution in [0.3, 0.4) is 0 Å². The maximum atomic E-state index is 6.81. The lowest BCUT2D eigenvalue weighted by molar-refractivity contribution is 0.669. The Hall–Kier alpha value is -9.56. The summed E-state index contributed by atoms with van der Waals surface area (Å²) in [6, 6.07) is 98.0. The molecule has 0 aliphatic heterocycles. The first-order valence-corrected chi connectivity index (χ1v) is 25.2. The van der Waals surface area contributed by atoms with Crippen molar-refractivity contribution in [3.63, 3.8) is 0 Å². The molecule has 0 amide bonds. The van der Waals surface area contributed by atoms with E-state index in [1.54, 1.807) is 0 Å². The SMILES string of the molecule is c1ccc2c(-c3ccc(-c4c5ccccc5c(-c5ccc6oc7cccc(-c8c9ccccc9c(-c9ccc(-c%10cccc%11ccccc%10%11)cc9)c9ccccc89)c7c6c5)c5ccccc45)cc3)cccc2c1. The van der Waals surface area contributed by atoms with Crippen molar-refractivity contribution in [3.8, 4) is 66.8 Å². The molecule has 15 rings (SSSR count). The third kappa shape index (κ3) is 6.49. The lowest BCUT2D eigenvalue weighted by atomic mass is 9.84. The van der Waals surface area contributed by atoms with Crippen LogP contribution in [0.25, 0.3) is 153 Å². The number of hydrogen-bond acceptors (Lipinski definition) is 1. The van der Waals surface area contributed by atoms with Gasteiger partial charge >= 0.3 is 0 Å². The molecule has 338 valence electrons. The largest absolute Gasteiger partial charge is 0.456 e. The lowest BCUT2D eigenvalue weighted by Gasteiger charge is -2.19. The fourth-order valence-electron chi connectivity index (χ4n) is 12.3. The zero-order valence-corrected chi connectivity index (χ0v) is 39.8. The second kappa shape index (κ2) is 16.5. The second-order valence-corrected chi connectivity index (χ2v) is 19.4. The third-order valence-electron chi connectivity index (χ3n) is 15.5. The summed E-state index contributed by atoms with van der Waals surface area (Å²) in [5.41, 5.74) is 16.3. The standard InChI is InChI=1S/C72H44O/c1-3-20-52-45(16-1)18-13-30-54(52)47-34-38-49(39-35-47)68-56-22-5-7-24-58(56)70(59-25-8-6-23-57(59)68)51-42-43-66-65(44-51)72-64(32-15-33-67(72)73-66)71-62-28-11-9-26-60(62)69(61-27-10-12-29-63(61)71)50-40-36-48(37-41-50)55-31-14-19-46-17-2-4-21-53(46)55/h1-44H. The van der Waals surface area contributed by atoms with E-state index in [1.807, 2.05) is 0 Å². The molecular formula is C72H44O. The van der Waals surface area contributed by atoms with Gasteiger partial charge in [-0.15, -0.1) is 0 Å². The predicted octanol–water partition coefficient (Wildman–Crippen LogP) is 20.5. The summed E-state index contributed by atoms with van der Waals surface area (Å²) in [6.07, 6.45) is 0. The lowest BCUT2D eigenvalue weighted by Crippen LogP contribution is -1.92. The van der Waals surface area contributed by atoms with E-state index in [9.17, 15) is 0 Å². The third-order valence-corrected chi connectivity index (χ3v) is 15.5. The Morgan fingerprint density at radius 2 is 0.521 bits per heavy atom. The minimum absolute atomic E-state index is 0.874. The highest BCUT2D eigenvalue weighted by Crippen LogP contribution is 2.49. The topological polar surface area (TPSA) is 13.1 Å². The molecule has 1 heteroatoms. The highest BCUT2D eigenvalue weighted by Gasteiger charge is 2.23. The summed E-state index contributed by atoms with van der Waals surface area (Å²) in [5, 5.41) is 17.0. The molecule has 1 aromatic heterocycles. The molecule has 0 aliphatic rings. The molecular weight excluding hydrogens is 881 g/mol. The number of fused-ring (bicyclic) bond motifs is 9. The Morgan fingerprint density at radius 1 is 0.192 bits per heavy atom. The first-order valence-electron chi connectivity index (χ1n) is 25.2. The van der Waals surface area contributed by atoms with E-state index in [0.717, 1.165) is 33.1 Å². The molecule has 0 saturated heterocycles. The van der Waals surface area contributed by atoms with Gasteiger partial charge in [-0.1, -0.05) is 249 Å². The van der Waals surface area contributed by atoms with Gasteiger partial charge in [-0.2, -0.15) is 0 Å². The van der Waals surface area contributed by atoms with Crippen LogP contribution in [0.1, 0.15) is 0 Å². The van der Waals surface area contributed by atoms with Gasteiger partial charge in [0.25, 0.3) is 0 Å². The molecule has 0 aliphatic carbocycles. The van der Waals surface area contributed by atoms with Gasteiger partial charge in [0.05, 0.1) is 0 Å². The molecule has 0 spiro atoms. The maximum Gasteiger partial charge on any atom is 0.136 e. The zero-order chi connectivity index (χ0) is 48.0. The quantitative estimate of drug-likeness (QED) is 0.151. The summed E-state index contributed by atoms with van der Waals surface area (Å²) >= 11 is 0. The summed E-state index contributed by atoms with van der Waals surface area (Å²) < 4.78 is 6.81. The van der Waals surface area contributed by atoms with Crippen LogP contribution in [-0.2, 0) is 0 Å². The van der Waals surface area contributed by atoms with E-state index in [1.165, 1.54) is 120 Å². The Kier molecular flexibility index (Phi) is 9.33. The van der Waals surface area contributed by atoms with Crippen LogP contribution < -0.4 is 0 Å². The van der Waals surface area contributed by atoms with E-state index in [0.29, 0.717) is 0 Å². The van der Waals surface area contributed by atoms with Crippen LogP contribution in [0.5, 0.6) is 0 Å². The average molecular weight is 925 g/mol. The Bertz CT molecular complexity index is 4580. The monoisotopic (exact) mass is 924 g/mol. The summed E-state index contributed by atoms with van der Waals surface area (Å²) in [4.78, 5) is 0. The zero-order valence-electron chi connectivity index (χ0n) is 39.8. The van der Waals surface area contributed by atoms with Crippen LogP contribution in [0.4, 0.5) is 0 Å². The molecule has 14 aromatic carbocycles. The molecule has 73 heavy (non-hydrogen) atoms. The highest BCUT2D eigenvalue weighted by atomic mass is 16.3. The van der Waals surface area contributed by atoms with Crippen LogP contribution in [0, 0.1) is 0 Å². The van der Waals surface area contributed by atoms with Gasteiger partial charge in [0, 0.05) is 10.8 Å². The first-order chi connectivity index (χ1) is 36.2. The number of benzene rings is 14. The van der Waals surface area contributed by atoms with Crippen molar-refractivity contribution in [2.45, 2.75) is 0 Å². The van der Waals surface area contributed by atoms with Crippen molar-refractivity contribution in [1.82, 2.24) is 0 Å². The van der Waals surface area contributed by atoms with Gasteiger partial charge in [-0.25, -0.2) is 0 Å². The van der Waals surface area contributed by atoms with Gasteiger partial charge in [0.1, 0.15) is 11.2 Å². The van der Waals surface area contributed by atoms with Gasteiger partial charge in [0.15, 0.2) is 0 Å². The summed E-state index contributed by atoms with van der Waals surface area (Å²) in [7, 11) is 0. The fraction of sp³-hybridized carbons (Fsp3) is 0. The summed E-state index contributed by atoms with van der Waals surface area (Å²) in [6.45, 7) is 0. The van der Waals surface area contributed by atoms with E-state index in [-0.39, 0.29) is 0 Å². The minimum Gasteiger partial charge on any atom is -0.456 e. The number of hydrogen-bond donors (Lipinski definition) is 0. The van der Waals surface area contributed by atoms with Crippen molar-refractivity contribution in [2.24, 2.45) is 0 Å². The number of furan rings is 1. The van der Waals surface area contributed by atoms with Gasteiger partial charge in [-0.05, 0) is 150 Å². The highest BCUT2D eigenvalue weighted by molar-refractivity contribution is 6.27. The maximum absolute atomic E-state index is 6.81. The van der Waals surface area contributed by atoms with Crippen LogP contribution >= 0.6 is 0 Å². The van der Waals surface area contributed by atoms with Crippen LogP contribution in [0.15, 0.2) is 271 Å². The van der Waals surface area contributed by atoms with Crippen molar-refractivity contribution < 1.29 is 4.42 Å². The van der Waals surface area contributed by atoms with Gasteiger partial charge < -0.3 is 4.42 Å². The second-order valence-electron chi connectivity index (χ2n) is 19.4. The van der Waals surface area contributed by atoms with Crippen molar-refractivity contribution in [1.29, 1.82) is 0 Å². The number of rotatable bonds is 6. The van der Waals surface area contributed by atoms with E-state index < -0.39 is 0 Å². The Labute approximate surface area is 422 Å². The fourth-order valence-corrected chi connectivity index (χ4v) is 12.3. The predicted molar refractivity (Wildman–Crippen MR) is 311 cm³/mol. The molecule has 0 unspecified atom stereocenters. The first kappa shape index (κ1) is 41.2. The van der Waals surface area contributed by atoms with Crippen LogP contribution in [-0.4, -0.2) is 0 Å². The van der Waals surface area contributed by atoms with E-state index >= 15 is 0 Å². The molecule has 0 radical (unpaired) electrons. The summed E-state index contributed by atoms with van der Waals surface area (Å²) in [5.74, 6) is 0. The molecule has 1 nitrogen and oxygen atoms in total. The minimum atomic E-state index is 0.874. The van der Waals surface area contributed by atoms with Crippen molar-refractivity contribution in [3.05, 3.63) is 267 Å². The molecule has 0 bridgehead atoms. The van der Waals surface area contributed by atoms with E-state index in [4.69, 9.17) is 4.42 Å². The van der Waals surface area contributed by atoms with Crippen LogP contribution in [0.2, 0.25) is 0 Å². The Morgan fingerprint density at radius 3 is 0.973 bits per heavy atom. The molecule has 15 aromatic rings. The molecule has 0 saturated carbocycles. The molecule has 0 fully saturated rings. The van der Waals surface area contributed by atoms with Gasteiger partial charge in [-0.3, -0.25) is 0 Å². The van der Waals surface area contributed by atoms with Crippen molar-refractivity contribution in [2.75, 3.05) is 0 Å². The molecule has 0 atom stereocenters. The normalized spacial score (nSPS) is 11.8. The Balaban J connectivity index is 0.900. The molecule has 1 heterocycles. The average Bonchev–Trinajstić information content (AvgIpc) is 3.84. The van der Waals surface area contributed by atoms with Gasteiger partial charge in [0.2, 0.25) is 0 Å². The molecule has 0 N–H and O–H groups in total. The smallest absolute Gasteiger partial charge is 0.136 e. The van der Waals surface area contributed by atoms with Crippen molar-refractivity contribution >= 4 is 86.6 Å².